The fraction of sp³-hybridized carbons (Fsp3) is 0.462. The molecule has 1 rings (SSSR count). The summed E-state index contributed by atoms with van der Waals surface area (Å²) in [6.45, 7) is 2.09. The Hall–Kier alpha value is -1.51. The average Bonchev–Trinajstić information content (AvgIpc) is 2.29. The van der Waals surface area contributed by atoms with Crippen molar-refractivity contribution in [1.82, 2.24) is 0 Å². The molecule has 0 bridgehead atoms. The van der Waals surface area contributed by atoms with Gasteiger partial charge in [-0.3, -0.25) is 4.79 Å². The lowest BCUT2D eigenvalue weighted by atomic mass is 9.91. The van der Waals surface area contributed by atoms with Crippen LogP contribution in [-0.4, -0.2) is 18.2 Å². The molecule has 3 nitrogen and oxygen atoms in total. The summed E-state index contributed by atoms with van der Waals surface area (Å²) in [5, 5.41) is 9.20. The normalized spacial score (nSPS) is 12.1. The molecule has 1 N–H and O–H groups in total. The number of hydrogen-bond acceptors (Lipinski definition) is 3. The maximum atomic E-state index is 11.3. The van der Waals surface area contributed by atoms with E-state index in [0.717, 1.165) is 18.4 Å². The number of phenolic OH excluding ortho intramolecular Hbond substituents is 1. The summed E-state index contributed by atoms with van der Waals surface area (Å²) in [5.41, 5.74) is 1.07. The van der Waals surface area contributed by atoms with E-state index in [-0.39, 0.29) is 17.6 Å². The summed E-state index contributed by atoms with van der Waals surface area (Å²) in [4.78, 5) is 11.3. The zero-order chi connectivity index (χ0) is 12.0. The Labute approximate surface area is 96.1 Å². The maximum absolute atomic E-state index is 11.3. The molecule has 0 radical (unpaired) electrons. The summed E-state index contributed by atoms with van der Waals surface area (Å²) in [7, 11) is 1.40. The summed E-state index contributed by atoms with van der Waals surface area (Å²) in [5.74, 6) is 0.238. The molecule has 0 aliphatic carbocycles. The van der Waals surface area contributed by atoms with Crippen LogP contribution in [0.15, 0.2) is 24.3 Å². The van der Waals surface area contributed by atoms with Crippen LogP contribution in [-0.2, 0) is 9.53 Å². The zero-order valence-electron chi connectivity index (χ0n) is 9.77. The third kappa shape index (κ3) is 3.57. The smallest absolute Gasteiger partial charge is 0.306 e. The molecule has 88 valence electrons. The lowest BCUT2D eigenvalue weighted by Crippen LogP contribution is -2.08. The molecular formula is C13H18O3. The van der Waals surface area contributed by atoms with E-state index in [1.54, 1.807) is 12.1 Å². The molecule has 0 aliphatic rings. The number of rotatable bonds is 5. The molecule has 0 aromatic heterocycles. The van der Waals surface area contributed by atoms with E-state index in [0.29, 0.717) is 6.42 Å². The van der Waals surface area contributed by atoms with E-state index in [9.17, 15) is 9.90 Å². The first kappa shape index (κ1) is 12.6. The molecular weight excluding hydrogens is 204 g/mol. The van der Waals surface area contributed by atoms with Crippen LogP contribution in [0.5, 0.6) is 5.75 Å². The molecule has 0 fully saturated rings. The van der Waals surface area contributed by atoms with Crippen molar-refractivity contribution in [1.29, 1.82) is 0 Å². The van der Waals surface area contributed by atoms with Gasteiger partial charge in [0.2, 0.25) is 0 Å². The van der Waals surface area contributed by atoms with Crippen molar-refractivity contribution >= 4 is 5.97 Å². The first-order valence-corrected chi connectivity index (χ1v) is 5.53. The van der Waals surface area contributed by atoms with Crippen LogP contribution in [0.1, 0.15) is 37.7 Å². The van der Waals surface area contributed by atoms with E-state index in [4.69, 9.17) is 0 Å². The first-order chi connectivity index (χ1) is 7.67. The van der Waals surface area contributed by atoms with Crippen molar-refractivity contribution in [3.8, 4) is 5.75 Å². The summed E-state index contributed by atoms with van der Waals surface area (Å²) >= 11 is 0. The van der Waals surface area contributed by atoms with Crippen LogP contribution in [0.25, 0.3) is 0 Å². The number of methoxy groups -OCH3 is 1. The number of hydrogen-bond donors (Lipinski definition) is 1. The Balaban J connectivity index is 2.76. The zero-order valence-corrected chi connectivity index (χ0v) is 9.77. The largest absolute Gasteiger partial charge is 0.508 e. The standard InChI is InChI=1S/C13H18O3/c1-3-4-11(9-13(15)16-2)10-5-7-12(14)8-6-10/h5-8,11,14H,3-4,9H2,1-2H3/t11-/m0/s1. The minimum Gasteiger partial charge on any atom is -0.508 e. The second-order valence-electron chi connectivity index (χ2n) is 3.86. The maximum Gasteiger partial charge on any atom is 0.306 e. The van der Waals surface area contributed by atoms with Gasteiger partial charge in [-0.25, -0.2) is 0 Å². The van der Waals surface area contributed by atoms with Crippen molar-refractivity contribution in [3.05, 3.63) is 29.8 Å². The van der Waals surface area contributed by atoms with Crippen molar-refractivity contribution in [3.63, 3.8) is 0 Å². The minimum absolute atomic E-state index is 0.179. The van der Waals surface area contributed by atoms with Gasteiger partial charge in [0.25, 0.3) is 0 Å². The Kier molecular flexibility index (Phi) is 4.83. The van der Waals surface area contributed by atoms with E-state index >= 15 is 0 Å². The molecule has 1 aromatic carbocycles. The van der Waals surface area contributed by atoms with Crippen molar-refractivity contribution in [2.24, 2.45) is 0 Å². The topological polar surface area (TPSA) is 46.5 Å². The van der Waals surface area contributed by atoms with Gasteiger partial charge in [-0.15, -0.1) is 0 Å². The van der Waals surface area contributed by atoms with E-state index in [1.807, 2.05) is 12.1 Å². The lowest BCUT2D eigenvalue weighted by molar-refractivity contribution is -0.141. The van der Waals surface area contributed by atoms with Gasteiger partial charge in [0.1, 0.15) is 5.75 Å². The van der Waals surface area contributed by atoms with Crippen molar-refractivity contribution in [2.75, 3.05) is 7.11 Å². The Bertz CT molecular complexity index is 330. The molecule has 0 aliphatic heterocycles. The molecule has 0 amide bonds. The SMILES string of the molecule is CCC[C@@H](CC(=O)OC)c1ccc(O)cc1. The fourth-order valence-electron chi connectivity index (χ4n) is 1.77. The van der Waals surface area contributed by atoms with Gasteiger partial charge in [0.15, 0.2) is 0 Å². The number of aromatic hydroxyl groups is 1. The molecule has 16 heavy (non-hydrogen) atoms. The van der Waals surface area contributed by atoms with Gasteiger partial charge in [-0.05, 0) is 30.0 Å². The van der Waals surface area contributed by atoms with Gasteiger partial charge in [-0.1, -0.05) is 25.5 Å². The van der Waals surface area contributed by atoms with Crippen LogP contribution in [0.3, 0.4) is 0 Å². The molecule has 0 saturated heterocycles. The Morgan fingerprint density at radius 1 is 1.38 bits per heavy atom. The van der Waals surface area contributed by atoms with Crippen molar-refractivity contribution in [2.45, 2.75) is 32.1 Å². The highest BCUT2D eigenvalue weighted by atomic mass is 16.5. The van der Waals surface area contributed by atoms with Crippen LogP contribution in [0.4, 0.5) is 0 Å². The quantitative estimate of drug-likeness (QED) is 0.779. The molecule has 1 atom stereocenters. The van der Waals surface area contributed by atoms with Crippen LogP contribution >= 0.6 is 0 Å². The number of benzene rings is 1. The van der Waals surface area contributed by atoms with Gasteiger partial charge in [0.05, 0.1) is 13.5 Å². The van der Waals surface area contributed by atoms with Crippen LogP contribution in [0, 0.1) is 0 Å². The third-order valence-corrected chi connectivity index (χ3v) is 2.64. The Morgan fingerprint density at radius 3 is 2.50 bits per heavy atom. The predicted molar refractivity (Wildman–Crippen MR) is 62.4 cm³/mol. The summed E-state index contributed by atoms with van der Waals surface area (Å²) in [6.07, 6.45) is 2.36. The second kappa shape index (κ2) is 6.16. The van der Waals surface area contributed by atoms with Crippen LogP contribution < -0.4 is 0 Å². The molecule has 0 spiro atoms. The van der Waals surface area contributed by atoms with Gasteiger partial charge in [-0.2, -0.15) is 0 Å². The predicted octanol–water partition coefficient (Wildman–Crippen LogP) is 2.84. The summed E-state index contributed by atoms with van der Waals surface area (Å²) < 4.78 is 4.68. The van der Waals surface area contributed by atoms with Gasteiger partial charge in [0, 0.05) is 0 Å². The number of esters is 1. The lowest BCUT2D eigenvalue weighted by Gasteiger charge is -2.15. The second-order valence-corrected chi connectivity index (χ2v) is 3.86. The highest BCUT2D eigenvalue weighted by Crippen LogP contribution is 2.26. The third-order valence-electron chi connectivity index (χ3n) is 2.64. The molecule has 1 aromatic rings. The Morgan fingerprint density at radius 2 is 2.00 bits per heavy atom. The monoisotopic (exact) mass is 222 g/mol. The molecule has 0 saturated carbocycles. The molecule has 0 unspecified atom stereocenters. The first-order valence-electron chi connectivity index (χ1n) is 5.53. The van der Waals surface area contributed by atoms with Crippen molar-refractivity contribution < 1.29 is 14.6 Å². The van der Waals surface area contributed by atoms with E-state index in [1.165, 1.54) is 7.11 Å². The summed E-state index contributed by atoms with van der Waals surface area (Å²) in [6, 6.07) is 7.02. The molecule has 0 heterocycles. The number of carbonyl (C=O) groups excluding carboxylic acids is 1. The highest BCUT2D eigenvalue weighted by Gasteiger charge is 2.15. The highest BCUT2D eigenvalue weighted by molar-refractivity contribution is 5.70. The fourth-order valence-corrected chi connectivity index (χ4v) is 1.77. The minimum atomic E-state index is -0.188. The number of phenols is 1. The van der Waals surface area contributed by atoms with E-state index < -0.39 is 0 Å². The number of carbonyl (C=O) groups is 1. The van der Waals surface area contributed by atoms with E-state index in [2.05, 4.69) is 11.7 Å². The number of ether oxygens (including phenoxy) is 1. The van der Waals surface area contributed by atoms with Gasteiger partial charge >= 0.3 is 5.97 Å². The van der Waals surface area contributed by atoms with Gasteiger partial charge < -0.3 is 9.84 Å². The van der Waals surface area contributed by atoms with Crippen LogP contribution in [0.2, 0.25) is 0 Å². The molecule has 3 heteroatoms. The average molecular weight is 222 g/mol.